The van der Waals surface area contributed by atoms with Crippen molar-refractivity contribution < 1.29 is 19.2 Å². The Balaban J connectivity index is 0.00000267. The number of rotatable bonds is 13. The van der Waals surface area contributed by atoms with E-state index in [9.17, 15) is 19.2 Å². The largest absolute Gasteiger partial charge is 0.353 e. The first-order valence-electron chi connectivity index (χ1n) is 12.6. The summed E-state index contributed by atoms with van der Waals surface area (Å²) in [7, 11) is 1.58. The number of carbonyl (C=O) groups is 4. The third-order valence-corrected chi connectivity index (χ3v) is 6.61. The molecule has 1 fully saturated rings. The molecule has 3 amide bonds. The van der Waals surface area contributed by atoms with E-state index >= 15 is 0 Å². The van der Waals surface area contributed by atoms with E-state index in [1.807, 2.05) is 0 Å². The maximum atomic E-state index is 12.7. The average Bonchev–Trinajstić information content (AvgIpc) is 3.07. The Kier molecular flexibility index (Phi) is 15.8. The standard InChI is InChI=1S/C22H38N4O4S.C4H10/c1-15-17(14-19(28)25-15)31-12-8-6-7-9-20(29)26(5)16(21(30)24-11-10-23)13-18(27)22(2,3)4;1-4(2)3/h16-17H,1,6-14,23H2,2-5H3,(H,24,30)(H,25,28);4H,1-3H3/t16-,17?;/m0./s1. The number of unbranched alkanes of at least 4 members (excludes halogenated alkanes) is 2. The van der Waals surface area contributed by atoms with E-state index in [1.165, 1.54) is 4.90 Å². The third-order valence-electron chi connectivity index (χ3n) is 5.24. The van der Waals surface area contributed by atoms with Gasteiger partial charge in [0.05, 0.1) is 5.25 Å². The summed E-state index contributed by atoms with van der Waals surface area (Å²) in [6.45, 7) is 16.4. The average molecular weight is 513 g/mol. The maximum Gasteiger partial charge on any atom is 0.243 e. The number of nitrogens with one attached hydrogen (secondary N) is 2. The lowest BCUT2D eigenvalue weighted by Gasteiger charge is -2.29. The Morgan fingerprint density at radius 2 is 1.80 bits per heavy atom. The van der Waals surface area contributed by atoms with Crippen molar-refractivity contribution in [1.29, 1.82) is 0 Å². The van der Waals surface area contributed by atoms with Crippen LogP contribution in [-0.2, 0) is 19.2 Å². The number of likely N-dealkylation sites (N-methyl/N-ethyl adjacent to an activating group) is 1. The Labute approximate surface area is 216 Å². The fraction of sp³-hybridized carbons (Fsp3) is 0.769. The molecule has 1 rings (SSSR count). The van der Waals surface area contributed by atoms with Gasteiger partial charge in [-0.3, -0.25) is 19.2 Å². The topological polar surface area (TPSA) is 122 Å². The number of thioether (sulfide) groups is 1. The molecule has 1 unspecified atom stereocenters. The van der Waals surface area contributed by atoms with Crippen molar-refractivity contribution in [3.8, 4) is 0 Å². The van der Waals surface area contributed by atoms with Gasteiger partial charge in [0.15, 0.2) is 0 Å². The smallest absolute Gasteiger partial charge is 0.243 e. The van der Waals surface area contributed by atoms with Crippen molar-refractivity contribution in [1.82, 2.24) is 15.5 Å². The monoisotopic (exact) mass is 512 g/mol. The van der Waals surface area contributed by atoms with Crippen molar-refractivity contribution in [2.75, 3.05) is 25.9 Å². The van der Waals surface area contributed by atoms with Gasteiger partial charge in [0.1, 0.15) is 11.8 Å². The molecule has 0 radical (unpaired) electrons. The number of nitrogens with zero attached hydrogens (tertiary/aromatic N) is 1. The van der Waals surface area contributed by atoms with Gasteiger partial charge >= 0.3 is 0 Å². The fourth-order valence-corrected chi connectivity index (χ4v) is 4.28. The first kappa shape index (κ1) is 33.1. The number of hydrogen-bond acceptors (Lipinski definition) is 6. The van der Waals surface area contributed by atoms with Gasteiger partial charge in [0.2, 0.25) is 17.7 Å². The van der Waals surface area contributed by atoms with E-state index in [4.69, 9.17) is 5.73 Å². The normalized spacial score (nSPS) is 16.3. The highest BCUT2D eigenvalue weighted by Crippen LogP contribution is 2.26. The van der Waals surface area contributed by atoms with Gasteiger partial charge in [-0.1, -0.05) is 54.5 Å². The first-order chi connectivity index (χ1) is 16.2. The van der Waals surface area contributed by atoms with E-state index < -0.39 is 11.5 Å². The van der Waals surface area contributed by atoms with Gasteiger partial charge in [-0.2, -0.15) is 11.8 Å². The van der Waals surface area contributed by atoms with Crippen LogP contribution >= 0.6 is 11.8 Å². The van der Waals surface area contributed by atoms with Gasteiger partial charge in [0.25, 0.3) is 0 Å². The van der Waals surface area contributed by atoms with E-state index in [0.717, 1.165) is 30.2 Å². The Bertz CT molecular complexity index is 716. The lowest BCUT2D eigenvalue weighted by atomic mass is 9.86. The van der Waals surface area contributed by atoms with Crippen LogP contribution in [-0.4, -0.2) is 65.6 Å². The molecule has 9 heteroatoms. The van der Waals surface area contributed by atoms with Crippen LogP contribution < -0.4 is 16.4 Å². The van der Waals surface area contributed by atoms with Crippen LogP contribution in [0.4, 0.5) is 0 Å². The predicted molar refractivity (Wildman–Crippen MR) is 145 cm³/mol. The maximum absolute atomic E-state index is 12.7. The summed E-state index contributed by atoms with van der Waals surface area (Å²) >= 11 is 1.71. The van der Waals surface area contributed by atoms with Gasteiger partial charge in [-0.25, -0.2) is 0 Å². The second-order valence-corrected chi connectivity index (χ2v) is 12.0. The summed E-state index contributed by atoms with van der Waals surface area (Å²) < 4.78 is 0. The van der Waals surface area contributed by atoms with Crippen LogP contribution in [0, 0.1) is 11.3 Å². The summed E-state index contributed by atoms with van der Waals surface area (Å²) in [4.78, 5) is 50.4. The Hall–Kier alpha value is -1.87. The quantitative estimate of drug-likeness (QED) is 0.326. The molecule has 0 saturated carbocycles. The minimum absolute atomic E-state index is 0.0170. The number of nitrogens with two attached hydrogens (primary N) is 1. The van der Waals surface area contributed by atoms with Crippen LogP contribution in [0.25, 0.3) is 0 Å². The van der Waals surface area contributed by atoms with Crippen LogP contribution in [0.15, 0.2) is 12.3 Å². The van der Waals surface area contributed by atoms with Crippen molar-refractivity contribution in [3.05, 3.63) is 12.3 Å². The SMILES string of the molecule is C=C1NC(=O)CC1SCCCCCC(=O)N(C)[C@@H](CC(=O)C(C)(C)C)C(=O)NCCN.CC(C)C. The highest BCUT2D eigenvalue weighted by molar-refractivity contribution is 8.00. The summed E-state index contributed by atoms with van der Waals surface area (Å²) in [5.41, 5.74) is 5.64. The van der Waals surface area contributed by atoms with Crippen LogP contribution in [0.2, 0.25) is 0 Å². The summed E-state index contributed by atoms with van der Waals surface area (Å²) in [6.07, 6.45) is 3.30. The summed E-state index contributed by atoms with van der Waals surface area (Å²) in [6, 6.07) is -0.834. The molecular formula is C26H48N4O4S. The predicted octanol–water partition coefficient (Wildman–Crippen LogP) is 3.25. The molecule has 0 aromatic carbocycles. The molecular weight excluding hydrogens is 464 g/mol. The molecule has 8 nitrogen and oxygen atoms in total. The first-order valence-corrected chi connectivity index (χ1v) is 13.6. The molecule has 1 heterocycles. The number of hydrogen-bond donors (Lipinski definition) is 3. The molecule has 0 aromatic heterocycles. The van der Waals surface area contributed by atoms with Crippen molar-refractivity contribution in [2.45, 2.75) is 91.4 Å². The van der Waals surface area contributed by atoms with Crippen molar-refractivity contribution in [3.63, 3.8) is 0 Å². The van der Waals surface area contributed by atoms with Gasteiger partial charge in [0, 0.05) is 50.5 Å². The lowest BCUT2D eigenvalue weighted by Crippen LogP contribution is -2.50. The van der Waals surface area contributed by atoms with Gasteiger partial charge in [-0.15, -0.1) is 0 Å². The van der Waals surface area contributed by atoms with Gasteiger partial charge in [-0.05, 0) is 24.5 Å². The van der Waals surface area contributed by atoms with Crippen LogP contribution in [0.1, 0.15) is 80.1 Å². The minimum Gasteiger partial charge on any atom is -0.353 e. The summed E-state index contributed by atoms with van der Waals surface area (Å²) in [5, 5.41) is 5.56. The molecule has 0 spiro atoms. The molecule has 0 bridgehead atoms. The van der Waals surface area contributed by atoms with Crippen LogP contribution in [0.5, 0.6) is 0 Å². The number of carbonyl (C=O) groups excluding carboxylic acids is 4. The second kappa shape index (κ2) is 16.7. The lowest BCUT2D eigenvalue weighted by molar-refractivity contribution is -0.141. The highest BCUT2D eigenvalue weighted by atomic mass is 32.2. The van der Waals surface area contributed by atoms with Crippen molar-refractivity contribution >= 4 is 35.3 Å². The molecule has 1 aliphatic heterocycles. The number of Topliss-reactive ketones (excluding diaryl/α,β-unsaturated/α-hetero) is 1. The Morgan fingerprint density at radius 3 is 2.29 bits per heavy atom. The molecule has 0 aromatic rings. The van der Waals surface area contributed by atoms with E-state index in [0.29, 0.717) is 32.4 Å². The number of ketones is 1. The van der Waals surface area contributed by atoms with Crippen molar-refractivity contribution in [2.24, 2.45) is 17.1 Å². The molecule has 1 aliphatic rings. The van der Waals surface area contributed by atoms with E-state index in [1.54, 1.807) is 39.6 Å². The van der Waals surface area contributed by atoms with E-state index in [-0.39, 0.29) is 35.2 Å². The molecule has 1 saturated heterocycles. The molecule has 35 heavy (non-hydrogen) atoms. The zero-order chi connectivity index (χ0) is 27.2. The minimum atomic E-state index is -0.834. The molecule has 4 N–H and O–H groups in total. The van der Waals surface area contributed by atoms with Crippen LogP contribution in [0.3, 0.4) is 0 Å². The van der Waals surface area contributed by atoms with Gasteiger partial charge < -0.3 is 21.3 Å². The van der Waals surface area contributed by atoms with E-state index in [2.05, 4.69) is 38.0 Å². The number of amides is 3. The zero-order valence-electron chi connectivity index (χ0n) is 22.9. The third kappa shape index (κ3) is 14.3. The summed E-state index contributed by atoms with van der Waals surface area (Å²) in [5.74, 6) is 1.17. The zero-order valence-corrected chi connectivity index (χ0v) is 23.7. The molecule has 202 valence electrons. The fourth-order valence-electron chi connectivity index (χ4n) is 3.09. The molecule has 0 aliphatic carbocycles. The highest BCUT2D eigenvalue weighted by Gasteiger charge is 2.32. The second-order valence-electron chi connectivity index (χ2n) is 10.7. The molecule has 2 atom stereocenters. The Morgan fingerprint density at radius 1 is 1.20 bits per heavy atom.